The van der Waals surface area contributed by atoms with Crippen LogP contribution in [0.1, 0.15) is 89.9 Å². The Morgan fingerprint density at radius 2 is 1.63 bits per heavy atom. The molecule has 5 N–H and O–H groups in total. The lowest BCUT2D eigenvalue weighted by Gasteiger charge is -2.16. The number of carbonyl (C=O) groups is 3. The average Bonchev–Trinajstić information content (AvgIpc) is 3.40. The molecule has 2 heterocycles. The number of fused-ring (bicyclic) bond motifs is 1. The van der Waals surface area contributed by atoms with E-state index in [0.717, 1.165) is 63.7 Å². The molecule has 10 heteroatoms. The van der Waals surface area contributed by atoms with E-state index in [0.29, 0.717) is 18.1 Å². The smallest absolute Gasteiger partial charge is 0.315 e. The van der Waals surface area contributed by atoms with Crippen LogP contribution in [0.5, 0.6) is 0 Å². The third-order valence-electron chi connectivity index (χ3n) is 6.61. The molecular weight excluding hydrogens is 470 g/mol. The van der Waals surface area contributed by atoms with Gasteiger partial charge in [-0.1, -0.05) is 51.4 Å². The first-order valence-electron chi connectivity index (χ1n) is 13.4. The number of aliphatic hydroxyl groups excluding tert-OH is 2. The van der Waals surface area contributed by atoms with Crippen LogP contribution in [0.4, 0.5) is 4.79 Å². The fourth-order valence-electron chi connectivity index (χ4n) is 4.54. The maximum absolute atomic E-state index is 12.0. The third-order valence-corrected chi connectivity index (χ3v) is 8.12. The number of carbonyl (C=O) groups excluding carboxylic acids is 3. The van der Waals surface area contributed by atoms with Crippen molar-refractivity contribution in [1.82, 2.24) is 16.0 Å². The summed E-state index contributed by atoms with van der Waals surface area (Å²) in [7, 11) is 0. The van der Waals surface area contributed by atoms with Crippen LogP contribution in [0.25, 0.3) is 0 Å². The highest BCUT2D eigenvalue weighted by Gasteiger charge is 2.42. The van der Waals surface area contributed by atoms with Crippen molar-refractivity contribution in [2.24, 2.45) is 0 Å². The first-order chi connectivity index (χ1) is 17.0. The van der Waals surface area contributed by atoms with E-state index in [-0.39, 0.29) is 36.6 Å². The molecule has 3 amide bonds. The summed E-state index contributed by atoms with van der Waals surface area (Å²) in [6.07, 6.45) is 12.7. The molecule has 0 bridgehead atoms. The summed E-state index contributed by atoms with van der Waals surface area (Å²) >= 11 is 1.92. The quantitative estimate of drug-likeness (QED) is 0.0955. The van der Waals surface area contributed by atoms with Crippen molar-refractivity contribution < 1.29 is 29.3 Å². The minimum Gasteiger partial charge on any atom is -0.463 e. The van der Waals surface area contributed by atoms with Gasteiger partial charge in [-0.25, -0.2) is 4.79 Å². The van der Waals surface area contributed by atoms with Gasteiger partial charge in [0.1, 0.15) is 12.7 Å². The van der Waals surface area contributed by atoms with Crippen molar-refractivity contribution in [2.45, 2.75) is 113 Å². The Balaban J connectivity index is 1.29. The Bertz CT molecular complexity index is 638. The van der Waals surface area contributed by atoms with Gasteiger partial charge in [0.25, 0.3) is 0 Å². The van der Waals surface area contributed by atoms with E-state index in [1.807, 2.05) is 11.8 Å². The summed E-state index contributed by atoms with van der Waals surface area (Å²) in [6, 6.07) is 0.469. The second-order valence-electron chi connectivity index (χ2n) is 9.67. The van der Waals surface area contributed by atoms with Crippen molar-refractivity contribution in [3.8, 4) is 0 Å². The second kappa shape index (κ2) is 17.8. The van der Waals surface area contributed by atoms with E-state index in [2.05, 4.69) is 16.0 Å². The van der Waals surface area contributed by atoms with Gasteiger partial charge in [-0.15, -0.1) is 0 Å². The maximum atomic E-state index is 12.0. The van der Waals surface area contributed by atoms with E-state index in [9.17, 15) is 14.4 Å². The van der Waals surface area contributed by atoms with Crippen LogP contribution in [0.3, 0.4) is 0 Å². The predicted molar refractivity (Wildman–Crippen MR) is 137 cm³/mol. The summed E-state index contributed by atoms with van der Waals surface area (Å²) in [4.78, 5) is 34.9. The molecule has 0 aromatic heterocycles. The Kier molecular flexibility index (Phi) is 15.1. The van der Waals surface area contributed by atoms with Crippen molar-refractivity contribution >= 4 is 29.7 Å². The molecule has 0 saturated carbocycles. The molecule has 35 heavy (non-hydrogen) atoms. The number of ether oxygens (including phenoxy) is 1. The zero-order valence-corrected chi connectivity index (χ0v) is 21.8. The molecular formula is C25H45N3O6S. The SMILES string of the molecule is O=C(CCCC[C@@H]1SC[C@@H]2NC(=O)N[C@@H]21)NCCCCCCCCCCCC(=O)OCC(O)CO. The Morgan fingerprint density at radius 1 is 0.971 bits per heavy atom. The second-order valence-corrected chi connectivity index (χ2v) is 10.9. The van der Waals surface area contributed by atoms with Gasteiger partial charge in [-0.05, 0) is 25.7 Å². The van der Waals surface area contributed by atoms with E-state index in [1.165, 1.54) is 25.7 Å². The van der Waals surface area contributed by atoms with Crippen LogP contribution in [-0.2, 0) is 14.3 Å². The highest BCUT2D eigenvalue weighted by Crippen LogP contribution is 2.33. The van der Waals surface area contributed by atoms with E-state index in [4.69, 9.17) is 14.9 Å². The van der Waals surface area contributed by atoms with Gasteiger partial charge in [0.2, 0.25) is 5.91 Å². The van der Waals surface area contributed by atoms with Gasteiger partial charge < -0.3 is 30.9 Å². The first kappa shape index (κ1) is 29.7. The van der Waals surface area contributed by atoms with E-state index >= 15 is 0 Å². The predicted octanol–water partition coefficient (Wildman–Crippen LogP) is 2.63. The molecule has 2 saturated heterocycles. The average molecular weight is 516 g/mol. The summed E-state index contributed by atoms with van der Waals surface area (Å²) in [6.45, 7) is 0.218. The van der Waals surface area contributed by atoms with Gasteiger partial charge in [0.15, 0.2) is 0 Å². The van der Waals surface area contributed by atoms with Gasteiger partial charge in [0.05, 0.1) is 18.7 Å². The maximum Gasteiger partial charge on any atom is 0.315 e. The van der Waals surface area contributed by atoms with Crippen LogP contribution in [-0.4, -0.2) is 77.1 Å². The molecule has 0 aromatic carbocycles. The zero-order chi connectivity index (χ0) is 25.3. The number of nitrogens with one attached hydrogen (secondary N) is 3. The number of amides is 3. The summed E-state index contributed by atoms with van der Waals surface area (Å²) in [5.41, 5.74) is 0. The normalized spacial score (nSPS) is 21.8. The Labute approximate surface area is 213 Å². The Hall–Kier alpha value is -1.52. The molecule has 0 radical (unpaired) electrons. The van der Waals surface area contributed by atoms with Gasteiger partial charge in [-0.2, -0.15) is 11.8 Å². The molecule has 202 valence electrons. The van der Waals surface area contributed by atoms with Crippen molar-refractivity contribution in [1.29, 1.82) is 0 Å². The number of thioether (sulfide) groups is 1. The molecule has 0 aromatic rings. The molecule has 2 aliphatic rings. The molecule has 2 rings (SSSR count). The van der Waals surface area contributed by atoms with E-state index in [1.54, 1.807) is 0 Å². The number of unbranched alkanes of at least 4 members (excludes halogenated alkanes) is 9. The van der Waals surface area contributed by atoms with Crippen molar-refractivity contribution in [3.63, 3.8) is 0 Å². The van der Waals surface area contributed by atoms with Gasteiger partial charge >= 0.3 is 12.0 Å². The molecule has 4 atom stereocenters. The zero-order valence-electron chi connectivity index (χ0n) is 21.0. The topological polar surface area (TPSA) is 137 Å². The molecule has 0 aliphatic carbocycles. The minimum atomic E-state index is -0.989. The van der Waals surface area contributed by atoms with Crippen LogP contribution in [0, 0.1) is 0 Å². The number of hydrogen-bond donors (Lipinski definition) is 5. The molecule has 1 unspecified atom stereocenters. The molecule has 2 aliphatic heterocycles. The lowest BCUT2D eigenvalue weighted by Crippen LogP contribution is -2.36. The monoisotopic (exact) mass is 515 g/mol. The lowest BCUT2D eigenvalue weighted by molar-refractivity contribution is -0.147. The highest BCUT2D eigenvalue weighted by atomic mass is 32.2. The van der Waals surface area contributed by atoms with Crippen molar-refractivity contribution in [2.75, 3.05) is 25.5 Å². The van der Waals surface area contributed by atoms with Crippen LogP contribution < -0.4 is 16.0 Å². The van der Waals surface area contributed by atoms with Crippen LogP contribution in [0.15, 0.2) is 0 Å². The Morgan fingerprint density at radius 3 is 2.34 bits per heavy atom. The molecule has 2 fully saturated rings. The minimum absolute atomic E-state index is 0.0458. The first-order valence-corrected chi connectivity index (χ1v) is 14.4. The number of hydrogen-bond acceptors (Lipinski definition) is 7. The number of aliphatic hydroxyl groups is 2. The van der Waals surface area contributed by atoms with Gasteiger partial charge in [0, 0.05) is 30.4 Å². The standard InChI is InChI=1S/C25H45N3O6S/c29-16-19(30)17-34-23(32)14-8-6-4-2-1-3-5-7-11-15-26-22(31)13-10-9-12-21-24-20(18-35-21)27-25(33)28-24/h19-21,24,29-30H,1-18H2,(H,26,31)(H2,27,28,33)/t19?,20-,21-,24-/m0/s1. The van der Waals surface area contributed by atoms with Crippen molar-refractivity contribution in [3.05, 3.63) is 0 Å². The third kappa shape index (κ3) is 12.8. The highest BCUT2D eigenvalue weighted by molar-refractivity contribution is 8.00. The number of esters is 1. The number of urea groups is 1. The fourth-order valence-corrected chi connectivity index (χ4v) is 6.08. The van der Waals surface area contributed by atoms with Crippen LogP contribution >= 0.6 is 11.8 Å². The summed E-state index contributed by atoms with van der Waals surface area (Å²) in [5, 5.41) is 27.3. The van der Waals surface area contributed by atoms with Crippen LogP contribution in [0.2, 0.25) is 0 Å². The molecule has 9 nitrogen and oxygen atoms in total. The van der Waals surface area contributed by atoms with E-state index < -0.39 is 12.7 Å². The lowest BCUT2D eigenvalue weighted by atomic mass is 10.0. The molecule has 0 spiro atoms. The summed E-state index contributed by atoms with van der Waals surface area (Å²) in [5.74, 6) is 0.808. The summed E-state index contributed by atoms with van der Waals surface area (Å²) < 4.78 is 4.87. The van der Waals surface area contributed by atoms with Gasteiger partial charge in [-0.3, -0.25) is 9.59 Å². The number of rotatable bonds is 20. The fraction of sp³-hybridized carbons (Fsp3) is 0.880. The largest absolute Gasteiger partial charge is 0.463 e.